The Morgan fingerprint density at radius 1 is 1.42 bits per heavy atom. The van der Waals surface area contributed by atoms with Crippen LogP contribution in [0.5, 0.6) is 0 Å². The first-order valence-corrected chi connectivity index (χ1v) is 7.96. The smallest absolute Gasteiger partial charge is 0.412 e. The van der Waals surface area contributed by atoms with Crippen molar-refractivity contribution < 1.29 is 9.53 Å². The van der Waals surface area contributed by atoms with Gasteiger partial charge in [0.1, 0.15) is 5.60 Å². The van der Waals surface area contributed by atoms with E-state index in [0.29, 0.717) is 17.2 Å². The van der Waals surface area contributed by atoms with Gasteiger partial charge in [-0.1, -0.05) is 6.07 Å². The molecular weight excluding hydrogens is 304 g/mol. The summed E-state index contributed by atoms with van der Waals surface area (Å²) in [5.74, 6) is 0.364. The van der Waals surface area contributed by atoms with E-state index < -0.39 is 11.7 Å². The molecule has 3 rings (SSSR count). The molecule has 1 heterocycles. The number of nitriles is 1. The average molecular weight is 324 g/mol. The number of nitrogens with one attached hydrogen (secondary N) is 1. The molecule has 1 aromatic heterocycles. The summed E-state index contributed by atoms with van der Waals surface area (Å²) in [6, 6.07) is 9.40. The Hall–Kier alpha value is -2.81. The fourth-order valence-electron chi connectivity index (χ4n) is 2.53. The highest BCUT2D eigenvalue weighted by Crippen LogP contribution is 2.44. The van der Waals surface area contributed by atoms with Crippen LogP contribution in [0.3, 0.4) is 0 Å². The highest BCUT2D eigenvalue weighted by molar-refractivity contribution is 5.85. The summed E-state index contributed by atoms with van der Waals surface area (Å²) in [7, 11) is 0. The normalized spacial score (nSPS) is 14.1. The molecule has 24 heavy (non-hydrogen) atoms. The SMILES string of the molecule is CC(C)(C)OC(=O)Nc1cnn(-c2cccc(C#N)c2)c1C1CC1. The largest absolute Gasteiger partial charge is 0.444 e. The molecule has 1 fully saturated rings. The molecule has 0 radical (unpaired) electrons. The molecule has 1 aliphatic carbocycles. The second kappa shape index (κ2) is 6.00. The van der Waals surface area contributed by atoms with Gasteiger partial charge in [-0.05, 0) is 51.8 Å². The van der Waals surface area contributed by atoms with Crippen LogP contribution in [0.1, 0.15) is 50.8 Å². The third-order valence-corrected chi connectivity index (χ3v) is 3.63. The second-order valence-corrected chi connectivity index (χ2v) is 6.92. The van der Waals surface area contributed by atoms with E-state index in [0.717, 1.165) is 24.2 Å². The standard InChI is InChI=1S/C18H20N4O2/c1-18(2,3)24-17(23)21-15-11-20-22(16(15)13-7-8-13)14-6-4-5-12(9-14)10-19/h4-6,9,11,13H,7-8H2,1-3H3,(H,21,23). The predicted octanol–water partition coefficient (Wildman–Crippen LogP) is 3.97. The summed E-state index contributed by atoms with van der Waals surface area (Å²) < 4.78 is 7.11. The van der Waals surface area contributed by atoms with Gasteiger partial charge in [0.25, 0.3) is 0 Å². The van der Waals surface area contributed by atoms with Crippen LogP contribution < -0.4 is 5.32 Å². The molecule has 1 aromatic carbocycles. The minimum absolute atomic E-state index is 0.364. The second-order valence-electron chi connectivity index (χ2n) is 6.92. The lowest BCUT2D eigenvalue weighted by Gasteiger charge is -2.19. The van der Waals surface area contributed by atoms with Gasteiger partial charge in [-0.25, -0.2) is 9.48 Å². The van der Waals surface area contributed by atoms with E-state index >= 15 is 0 Å². The zero-order valence-electron chi connectivity index (χ0n) is 14.0. The van der Waals surface area contributed by atoms with Gasteiger partial charge in [-0.2, -0.15) is 10.4 Å². The van der Waals surface area contributed by atoms with Crippen LogP contribution in [-0.4, -0.2) is 21.5 Å². The number of benzene rings is 1. The highest BCUT2D eigenvalue weighted by Gasteiger charge is 2.32. The Morgan fingerprint density at radius 2 is 2.17 bits per heavy atom. The van der Waals surface area contributed by atoms with Crippen molar-refractivity contribution in [2.24, 2.45) is 0 Å². The van der Waals surface area contributed by atoms with E-state index in [1.807, 2.05) is 32.9 Å². The van der Waals surface area contributed by atoms with Crippen molar-refractivity contribution in [3.63, 3.8) is 0 Å². The fourth-order valence-corrected chi connectivity index (χ4v) is 2.53. The first-order chi connectivity index (χ1) is 11.4. The van der Waals surface area contributed by atoms with Crippen LogP contribution in [0.25, 0.3) is 5.69 Å². The van der Waals surface area contributed by atoms with Gasteiger partial charge in [0.05, 0.1) is 34.9 Å². The van der Waals surface area contributed by atoms with Crippen molar-refractivity contribution >= 4 is 11.8 Å². The van der Waals surface area contributed by atoms with E-state index in [9.17, 15) is 4.79 Å². The van der Waals surface area contributed by atoms with Crippen molar-refractivity contribution in [2.75, 3.05) is 5.32 Å². The minimum Gasteiger partial charge on any atom is -0.444 e. The van der Waals surface area contributed by atoms with Gasteiger partial charge in [-0.15, -0.1) is 0 Å². The zero-order chi connectivity index (χ0) is 17.3. The molecule has 0 saturated heterocycles. The van der Waals surface area contributed by atoms with E-state index in [1.165, 1.54) is 0 Å². The number of nitrogens with zero attached hydrogens (tertiary/aromatic N) is 3. The minimum atomic E-state index is -0.555. The molecule has 1 N–H and O–H groups in total. The number of anilines is 1. The molecule has 1 aliphatic rings. The molecule has 0 bridgehead atoms. The molecule has 0 atom stereocenters. The third-order valence-electron chi connectivity index (χ3n) is 3.63. The average Bonchev–Trinajstić information content (AvgIpc) is 3.26. The highest BCUT2D eigenvalue weighted by atomic mass is 16.6. The lowest BCUT2D eigenvalue weighted by molar-refractivity contribution is 0.0636. The summed E-state index contributed by atoms with van der Waals surface area (Å²) >= 11 is 0. The molecule has 124 valence electrons. The molecular formula is C18H20N4O2. The lowest BCUT2D eigenvalue weighted by atomic mass is 10.2. The van der Waals surface area contributed by atoms with E-state index in [4.69, 9.17) is 10.00 Å². The Balaban J connectivity index is 1.91. The third kappa shape index (κ3) is 3.57. The van der Waals surface area contributed by atoms with Gasteiger partial charge < -0.3 is 4.74 Å². The summed E-state index contributed by atoms with van der Waals surface area (Å²) in [6.45, 7) is 5.47. The molecule has 2 aromatic rings. The summed E-state index contributed by atoms with van der Waals surface area (Å²) in [4.78, 5) is 12.1. The van der Waals surface area contributed by atoms with Crippen molar-refractivity contribution in [2.45, 2.75) is 45.1 Å². The van der Waals surface area contributed by atoms with Crippen molar-refractivity contribution in [3.8, 4) is 11.8 Å². The first-order valence-electron chi connectivity index (χ1n) is 7.96. The fraction of sp³-hybridized carbons (Fsp3) is 0.389. The van der Waals surface area contributed by atoms with Crippen LogP contribution in [0.2, 0.25) is 0 Å². The number of rotatable bonds is 3. The van der Waals surface area contributed by atoms with E-state index in [1.54, 1.807) is 23.0 Å². The molecule has 1 saturated carbocycles. The maximum atomic E-state index is 12.1. The van der Waals surface area contributed by atoms with Crippen LogP contribution in [-0.2, 0) is 4.74 Å². The van der Waals surface area contributed by atoms with E-state index in [2.05, 4.69) is 16.5 Å². The number of hydrogen-bond donors (Lipinski definition) is 1. The summed E-state index contributed by atoms with van der Waals surface area (Å²) in [6.07, 6.45) is 3.27. The van der Waals surface area contributed by atoms with Crippen LogP contribution >= 0.6 is 0 Å². The molecule has 6 nitrogen and oxygen atoms in total. The Morgan fingerprint density at radius 3 is 2.79 bits per heavy atom. The topological polar surface area (TPSA) is 79.9 Å². The number of hydrogen-bond acceptors (Lipinski definition) is 4. The monoisotopic (exact) mass is 324 g/mol. The zero-order valence-corrected chi connectivity index (χ0v) is 14.0. The number of ether oxygens (including phenoxy) is 1. The summed E-state index contributed by atoms with van der Waals surface area (Å²) in [5.41, 5.74) is 2.45. The molecule has 1 amide bonds. The van der Waals surface area contributed by atoms with E-state index in [-0.39, 0.29) is 0 Å². The number of carbonyl (C=O) groups excluding carboxylic acids is 1. The molecule has 0 aliphatic heterocycles. The van der Waals surface area contributed by atoms with Gasteiger partial charge >= 0.3 is 6.09 Å². The maximum absolute atomic E-state index is 12.1. The van der Waals surface area contributed by atoms with Crippen LogP contribution in [0, 0.1) is 11.3 Å². The van der Waals surface area contributed by atoms with Crippen molar-refractivity contribution in [3.05, 3.63) is 41.7 Å². The predicted molar refractivity (Wildman–Crippen MR) is 90.1 cm³/mol. The Bertz CT molecular complexity index is 807. The maximum Gasteiger partial charge on any atom is 0.412 e. The number of amides is 1. The van der Waals surface area contributed by atoms with Gasteiger partial charge in [0.15, 0.2) is 0 Å². The van der Waals surface area contributed by atoms with Crippen LogP contribution in [0.4, 0.5) is 10.5 Å². The van der Waals surface area contributed by atoms with Crippen molar-refractivity contribution in [1.29, 1.82) is 5.26 Å². The van der Waals surface area contributed by atoms with Gasteiger partial charge in [0, 0.05) is 5.92 Å². The number of carbonyl (C=O) groups is 1. The van der Waals surface area contributed by atoms with Crippen LogP contribution in [0.15, 0.2) is 30.5 Å². The first kappa shape index (κ1) is 16.1. The molecule has 0 unspecified atom stereocenters. The lowest BCUT2D eigenvalue weighted by Crippen LogP contribution is -2.27. The van der Waals surface area contributed by atoms with Crippen molar-refractivity contribution in [1.82, 2.24) is 9.78 Å². The molecule has 0 spiro atoms. The quantitative estimate of drug-likeness (QED) is 0.926. The van der Waals surface area contributed by atoms with Gasteiger partial charge in [-0.3, -0.25) is 5.32 Å². The molecule has 6 heteroatoms. The number of aromatic nitrogens is 2. The summed E-state index contributed by atoms with van der Waals surface area (Å²) in [5, 5.41) is 16.3. The Kier molecular flexibility index (Phi) is 4.02. The Labute approximate surface area is 141 Å². The van der Waals surface area contributed by atoms with Gasteiger partial charge in [0.2, 0.25) is 0 Å².